The van der Waals surface area contributed by atoms with Crippen LogP contribution in [0.2, 0.25) is 0 Å². The van der Waals surface area contributed by atoms with Gasteiger partial charge < -0.3 is 10.5 Å². The van der Waals surface area contributed by atoms with E-state index >= 15 is 0 Å². The highest BCUT2D eigenvalue weighted by atomic mass is 16.5. The first-order valence-electron chi connectivity index (χ1n) is 5.83. The zero-order chi connectivity index (χ0) is 13.1. The molecule has 94 valence electrons. The second-order valence-electron chi connectivity index (χ2n) is 4.20. The normalized spacial score (nSPS) is 10.4. The molecule has 0 atom stereocenters. The van der Waals surface area contributed by atoms with Crippen molar-refractivity contribution in [3.05, 3.63) is 41.3 Å². The number of hydrogen-bond acceptors (Lipinski definition) is 4. The third-order valence-electron chi connectivity index (χ3n) is 2.77. The molecule has 1 aromatic carbocycles. The molecule has 2 aromatic rings. The molecular weight excluding hydrogens is 226 g/mol. The first-order valence-corrected chi connectivity index (χ1v) is 5.83. The zero-order valence-corrected chi connectivity index (χ0v) is 10.9. The number of aromatic nitrogens is 2. The highest BCUT2D eigenvalue weighted by molar-refractivity contribution is 5.62. The fraction of sp³-hybridized carbons (Fsp3) is 0.286. The molecular formula is C14H17N3O. The summed E-state index contributed by atoms with van der Waals surface area (Å²) in [6.07, 6.45) is 0. The maximum atomic E-state index is 5.60. The lowest BCUT2D eigenvalue weighted by molar-refractivity contribution is 0.412. The van der Waals surface area contributed by atoms with E-state index in [0.29, 0.717) is 12.4 Å². The molecule has 2 N–H and O–H groups in total. The molecule has 0 aliphatic rings. The number of hydrogen-bond donors (Lipinski definition) is 1. The maximum absolute atomic E-state index is 5.60. The smallest absolute Gasteiger partial charge is 0.142 e. The maximum Gasteiger partial charge on any atom is 0.142 e. The van der Waals surface area contributed by atoms with Crippen LogP contribution in [0.4, 0.5) is 0 Å². The Balaban J connectivity index is 2.48. The molecule has 0 amide bonds. The molecule has 0 spiro atoms. The molecule has 2 rings (SSSR count). The van der Waals surface area contributed by atoms with Crippen LogP contribution < -0.4 is 10.5 Å². The van der Waals surface area contributed by atoms with Crippen molar-refractivity contribution in [2.75, 3.05) is 7.11 Å². The van der Waals surface area contributed by atoms with Crippen molar-refractivity contribution in [3.63, 3.8) is 0 Å². The van der Waals surface area contributed by atoms with Gasteiger partial charge in [-0.1, -0.05) is 0 Å². The average molecular weight is 243 g/mol. The summed E-state index contributed by atoms with van der Waals surface area (Å²) in [7, 11) is 1.67. The first kappa shape index (κ1) is 12.5. The van der Waals surface area contributed by atoms with Gasteiger partial charge in [-0.3, -0.25) is 0 Å². The van der Waals surface area contributed by atoms with Crippen LogP contribution in [0.3, 0.4) is 0 Å². The summed E-state index contributed by atoms with van der Waals surface area (Å²) in [5.74, 6) is 1.54. The Labute approximate surface area is 107 Å². The van der Waals surface area contributed by atoms with E-state index in [2.05, 4.69) is 16.0 Å². The van der Waals surface area contributed by atoms with Gasteiger partial charge in [0.1, 0.15) is 11.6 Å². The summed E-state index contributed by atoms with van der Waals surface area (Å²) in [5, 5.41) is 0. The van der Waals surface area contributed by atoms with Crippen molar-refractivity contribution >= 4 is 0 Å². The van der Waals surface area contributed by atoms with Crippen LogP contribution in [0.15, 0.2) is 24.3 Å². The van der Waals surface area contributed by atoms with Crippen molar-refractivity contribution < 1.29 is 4.74 Å². The first-order chi connectivity index (χ1) is 8.63. The highest BCUT2D eigenvalue weighted by Crippen LogP contribution is 2.25. The van der Waals surface area contributed by atoms with Crippen molar-refractivity contribution in [2.24, 2.45) is 5.73 Å². The van der Waals surface area contributed by atoms with Gasteiger partial charge in [-0.05, 0) is 43.7 Å². The predicted octanol–water partition coefficient (Wildman–Crippen LogP) is 2.23. The summed E-state index contributed by atoms with van der Waals surface area (Å²) < 4.78 is 5.25. The van der Waals surface area contributed by atoms with Gasteiger partial charge in [-0.15, -0.1) is 0 Å². The van der Waals surface area contributed by atoms with Crippen LogP contribution in [-0.2, 0) is 6.54 Å². The van der Waals surface area contributed by atoms with Gasteiger partial charge in [-0.25, -0.2) is 9.97 Å². The standard InChI is InChI=1S/C14H17N3O/c1-9-6-11(4-5-13(9)18-3)12-7-10(2)16-14(8-15)17-12/h4-7H,8,15H2,1-3H3. The minimum Gasteiger partial charge on any atom is -0.496 e. The fourth-order valence-corrected chi connectivity index (χ4v) is 1.91. The Kier molecular flexibility index (Phi) is 3.58. The molecule has 1 aromatic heterocycles. The summed E-state index contributed by atoms with van der Waals surface area (Å²) in [6, 6.07) is 7.96. The van der Waals surface area contributed by atoms with Gasteiger partial charge in [0.2, 0.25) is 0 Å². The van der Waals surface area contributed by atoms with E-state index in [4.69, 9.17) is 10.5 Å². The minimum atomic E-state index is 0.351. The quantitative estimate of drug-likeness (QED) is 0.898. The van der Waals surface area contributed by atoms with Gasteiger partial charge in [-0.2, -0.15) is 0 Å². The van der Waals surface area contributed by atoms with Gasteiger partial charge in [0.25, 0.3) is 0 Å². The van der Waals surface area contributed by atoms with E-state index in [-0.39, 0.29) is 0 Å². The molecule has 0 aliphatic carbocycles. The molecule has 0 aliphatic heterocycles. The number of aryl methyl sites for hydroxylation is 2. The van der Waals surface area contributed by atoms with Crippen LogP contribution in [0.1, 0.15) is 17.1 Å². The van der Waals surface area contributed by atoms with E-state index in [1.165, 1.54) is 0 Å². The van der Waals surface area contributed by atoms with Crippen molar-refractivity contribution in [1.29, 1.82) is 0 Å². The van der Waals surface area contributed by atoms with Gasteiger partial charge in [0.05, 0.1) is 19.3 Å². The molecule has 0 fully saturated rings. The monoisotopic (exact) mass is 243 g/mol. The third kappa shape index (κ3) is 2.49. The number of rotatable bonds is 3. The summed E-state index contributed by atoms with van der Waals surface area (Å²) in [5.41, 5.74) is 9.55. The lowest BCUT2D eigenvalue weighted by atomic mass is 10.1. The fourth-order valence-electron chi connectivity index (χ4n) is 1.91. The van der Waals surface area contributed by atoms with Crippen LogP contribution >= 0.6 is 0 Å². The van der Waals surface area contributed by atoms with E-state index in [1.54, 1.807) is 7.11 Å². The van der Waals surface area contributed by atoms with Crippen LogP contribution in [-0.4, -0.2) is 17.1 Å². The Hall–Kier alpha value is -1.94. The zero-order valence-electron chi connectivity index (χ0n) is 10.9. The number of nitrogens with zero attached hydrogens (tertiary/aromatic N) is 2. The van der Waals surface area contributed by atoms with Gasteiger partial charge in [0.15, 0.2) is 0 Å². The Morgan fingerprint density at radius 1 is 1.17 bits per heavy atom. The van der Waals surface area contributed by atoms with Crippen molar-refractivity contribution in [2.45, 2.75) is 20.4 Å². The van der Waals surface area contributed by atoms with Crippen molar-refractivity contribution in [1.82, 2.24) is 9.97 Å². The molecule has 1 heterocycles. The minimum absolute atomic E-state index is 0.351. The molecule has 0 unspecified atom stereocenters. The van der Waals surface area contributed by atoms with Gasteiger partial charge >= 0.3 is 0 Å². The predicted molar refractivity (Wildman–Crippen MR) is 71.4 cm³/mol. The van der Waals surface area contributed by atoms with E-state index in [1.807, 2.05) is 32.0 Å². The van der Waals surface area contributed by atoms with Gasteiger partial charge in [0, 0.05) is 11.3 Å². The Morgan fingerprint density at radius 2 is 1.94 bits per heavy atom. The second kappa shape index (κ2) is 5.14. The molecule has 0 saturated carbocycles. The molecule has 0 bridgehead atoms. The Bertz CT molecular complexity index is 567. The largest absolute Gasteiger partial charge is 0.496 e. The molecule has 4 nitrogen and oxygen atoms in total. The van der Waals surface area contributed by atoms with E-state index in [0.717, 1.165) is 28.3 Å². The SMILES string of the molecule is COc1ccc(-c2cc(C)nc(CN)n2)cc1C. The number of methoxy groups -OCH3 is 1. The van der Waals surface area contributed by atoms with E-state index < -0.39 is 0 Å². The summed E-state index contributed by atoms with van der Waals surface area (Å²) in [4.78, 5) is 8.72. The lowest BCUT2D eigenvalue weighted by Gasteiger charge is -2.08. The third-order valence-corrected chi connectivity index (χ3v) is 2.77. The topological polar surface area (TPSA) is 61.0 Å². The lowest BCUT2D eigenvalue weighted by Crippen LogP contribution is -2.05. The van der Waals surface area contributed by atoms with Crippen molar-refractivity contribution in [3.8, 4) is 17.0 Å². The van der Waals surface area contributed by atoms with E-state index in [9.17, 15) is 0 Å². The molecule has 0 saturated heterocycles. The van der Waals surface area contributed by atoms with Crippen LogP contribution in [0, 0.1) is 13.8 Å². The second-order valence-corrected chi connectivity index (χ2v) is 4.20. The molecule has 0 radical (unpaired) electrons. The molecule has 4 heteroatoms. The highest BCUT2D eigenvalue weighted by Gasteiger charge is 2.06. The van der Waals surface area contributed by atoms with Crippen LogP contribution in [0.5, 0.6) is 5.75 Å². The summed E-state index contributed by atoms with van der Waals surface area (Å²) in [6.45, 7) is 4.31. The number of ether oxygens (including phenoxy) is 1. The molecule has 18 heavy (non-hydrogen) atoms. The number of benzene rings is 1. The summed E-state index contributed by atoms with van der Waals surface area (Å²) >= 11 is 0. The van der Waals surface area contributed by atoms with Crippen LogP contribution in [0.25, 0.3) is 11.3 Å². The Morgan fingerprint density at radius 3 is 2.56 bits per heavy atom. The average Bonchev–Trinajstić information content (AvgIpc) is 2.37. The number of nitrogens with two attached hydrogens (primary N) is 1.